The van der Waals surface area contributed by atoms with E-state index in [1.165, 1.54) is 12.3 Å². The number of aliphatic hydroxyl groups excluding tert-OH is 1. The first-order chi connectivity index (χ1) is 8.09. The Kier molecular flexibility index (Phi) is 3.14. The molecule has 6 heteroatoms. The maximum atomic E-state index is 10.9. The molecule has 0 atom stereocenters. The maximum absolute atomic E-state index is 10.9. The number of aromatic carboxylic acids is 1. The predicted octanol–water partition coefficient (Wildman–Crippen LogP) is 0.323. The number of aliphatic hydroxyl groups is 1. The van der Waals surface area contributed by atoms with Gasteiger partial charge in [0.2, 0.25) is 0 Å². The van der Waals surface area contributed by atoms with Crippen LogP contribution in [0.2, 0.25) is 0 Å². The highest BCUT2D eigenvalue weighted by Crippen LogP contribution is 2.26. The number of pyridine rings is 1. The van der Waals surface area contributed by atoms with Crippen molar-refractivity contribution in [3.05, 3.63) is 17.8 Å². The van der Waals surface area contributed by atoms with Crippen molar-refractivity contribution in [1.29, 1.82) is 0 Å². The SMILES string of the molecule is Nc1c(C(=O)O)ccnc1N1CCC(O)CC1. The number of hydrogen-bond acceptors (Lipinski definition) is 5. The molecule has 0 unspecified atom stereocenters. The molecule has 1 aliphatic heterocycles. The van der Waals surface area contributed by atoms with Crippen LogP contribution in [0.15, 0.2) is 12.3 Å². The molecule has 0 radical (unpaired) electrons. The third-order valence-electron chi connectivity index (χ3n) is 2.96. The van der Waals surface area contributed by atoms with Crippen LogP contribution < -0.4 is 10.6 Å². The molecule has 6 nitrogen and oxygen atoms in total. The second kappa shape index (κ2) is 4.58. The molecule has 2 heterocycles. The van der Waals surface area contributed by atoms with Gasteiger partial charge in [-0.15, -0.1) is 0 Å². The molecule has 1 aromatic rings. The fraction of sp³-hybridized carbons (Fsp3) is 0.455. The number of piperidine rings is 1. The molecule has 1 aliphatic rings. The topological polar surface area (TPSA) is 99.7 Å². The summed E-state index contributed by atoms with van der Waals surface area (Å²) in [6, 6.07) is 1.39. The second-order valence-electron chi connectivity index (χ2n) is 4.12. The summed E-state index contributed by atoms with van der Waals surface area (Å²) in [5.41, 5.74) is 6.06. The highest BCUT2D eigenvalue weighted by atomic mass is 16.4. The van der Waals surface area contributed by atoms with E-state index in [2.05, 4.69) is 4.98 Å². The molecule has 0 aliphatic carbocycles. The van der Waals surface area contributed by atoms with Gasteiger partial charge in [-0.2, -0.15) is 0 Å². The van der Waals surface area contributed by atoms with Crippen LogP contribution in [-0.2, 0) is 0 Å². The summed E-state index contributed by atoms with van der Waals surface area (Å²) in [6.07, 6.45) is 2.46. The molecule has 0 aromatic carbocycles. The van der Waals surface area contributed by atoms with E-state index in [1.54, 1.807) is 0 Å². The van der Waals surface area contributed by atoms with Gasteiger partial charge in [-0.3, -0.25) is 0 Å². The molecule has 1 fully saturated rings. The Hall–Kier alpha value is -1.82. The fourth-order valence-corrected chi connectivity index (χ4v) is 1.98. The number of hydrogen-bond donors (Lipinski definition) is 3. The number of nitrogens with zero attached hydrogens (tertiary/aromatic N) is 2. The van der Waals surface area contributed by atoms with Gasteiger partial charge >= 0.3 is 5.97 Å². The first-order valence-corrected chi connectivity index (χ1v) is 5.50. The lowest BCUT2D eigenvalue weighted by molar-refractivity contribution is 0.0698. The minimum absolute atomic E-state index is 0.0705. The van der Waals surface area contributed by atoms with Crippen LogP contribution in [0.25, 0.3) is 0 Å². The molecule has 1 aromatic heterocycles. The zero-order chi connectivity index (χ0) is 12.4. The number of nitrogens with two attached hydrogens (primary N) is 1. The van der Waals surface area contributed by atoms with E-state index in [-0.39, 0.29) is 17.4 Å². The number of carboxylic acid groups (broad SMARTS) is 1. The van der Waals surface area contributed by atoms with Crippen LogP contribution in [0.4, 0.5) is 11.5 Å². The van der Waals surface area contributed by atoms with Gasteiger partial charge in [0.1, 0.15) is 0 Å². The van der Waals surface area contributed by atoms with Crippen molar-refractivity contribution in [2.45, 2.75) is 18.9 Å². The Morgan fingerprint density at radius 3 is 2.71 bits per heavy atom. The molecule has 2 rings (SSSR count). The first kappa shape index (κ1) is 11.7. The van der Waals surface area contributed by atoms with Crippen LogP contribution >= 0.6 is 0 Å². The minimum Gasteiger partial charge on any atom is -0.478 e. The summed E-state index contributed by atoms with van der Waals surface area (Å²) in [4.78, 5) is 17.0. The van der Waals surface area contributed by atoms with E-state index in [4.69, 9.17) is 10.8 Å². The molecule has 17 heavy (non-hydrogen) atoms. The van der Waals surface area contributed by atoms with E-state index in [1.807, 2.05) is 4.90 Å². The Bertz CT molecular complexity index is 428. The van der Waals surface area contributed by atoms with Gasteiger partial charge in [0.05, 0.1) is 17.4 Å². The summed E-state index contributed by atoms with van der Waals surface area (Å²) in [6.45, 7) is 1.28. The quantitative estimate of drug-likeness (QED) is 0.685. The van der Waals surface area contributed by atoms with Gasteiger partial charge < -0.3 is 20.8 Å². The normalized spacial score (nSPS) is 17.1. The number of anilines is 2. The number of aromatic nitrogens is 1. The molecule has 0 saturated carbocycles. The third-order valence-corrected chi connectivity index (χ3v) is 2.96. The zero-order valence-electron chi connectivity index (χ0n) is 9.33. The van der Waals surface area contributed by atoms with E-state index in [9.17, 15) is 9.90 Å². The fourth-order valence-electron chi connectivity index (χ4n) is 1.98. The second-order valence-corrected chi connectivity index (χ2v) is 4.12. The van der Waals surface area contributed by atoms with Gasteiger partial charge in [0.25, 0.3) is 0 Å². The molecule has 92 valence electrons. The van der Waals surface area contributed by atoms with Crippen LogP contribution in [0, 0.1) is 0 Å². The Morgan fingerprint density at radius 2 is 2.12 bits per heavy atom. The molecule has 0 bridgehead atoms. The first-order valence-electron chi connectivity index (χ1n) is 5.50. The smallest absolute Gasteiger partial charge is 0.337 e. The van der Waals surface area contributed by atoms with Crippen molar-refractivity contribution in [3.8, 4) is 0 Å². The lowest BCUT2D eigenvalue weighted by Gasteiger charge is -2.31. The highest BCUT2D eigenvalue weighted by molar-refractivity contribution is 5.96. The van der Waals surface area contributed by atoms with Crippen LogP contribution in [0.1, 0.15) is 23.2 Å². The lowest BCUT2D eigenvalue weighted by atomic mass is 10.1. The van der Waals surface area contributed by atoms with Gasteiger partial charge in [0.15, 0.2) is 5.82 Å². The summed E-state index contributed by atoms with van der Waals surface area (Å²) in [5.74, 6) is -0.556. The van der Waals surface area contributed by atoms with Crippen LogP contribution in [0.5, 0.6) is 0 Å². The molecule has 0 amide bonds. The predicted molar refractivity (Wildman–Crippen MR) is 63.1 cm³/mol. The average Bonchev–Trinajstić information content (AvgIpc) is 2.30. The van der Waals surface area contributed by atoms with Crippen molar-refractivity contribution in [1.82, 2.24) is 4.98 Å². The van der Waals surface area contributed by atoms with Gasteiger partial charge in [-0.25, -0.2) is 9.78 Å². The van der Waals surface area contributed by atoms with Crippen LogP contribution in [-0.4, -0.2) is 40.4 Å². The van der Waals surface area contributed by atoms with E-state index >= 15 is 0 Å². The van der Waals surface area contributed by atoms with Crippen molar-refractivity contribution in [2.24, 2.45) is 0 Å². The molecular weight excluding hydrogens is 222 g/mol. The van der Waals surface area contributed by atoms with E-state index in [0.717, 1.165) is 0 Å². The van der Waals surface area contributed by atoms with E-state index in [0.29, 0.717) is 31.7 Å². The van der Waals surface area contributed by atoms with Gasteiger partial charge in [-0.1, -0.05) is 0 Å². The zero-order valence-corrected chi connectivity index (χ0v) is 9.33. The van der Waals surface area contributed by atoms with Crippen LogP contribution in [0.3, 0.4) is 0 Å². The summed E-state index contributed by atoms with van der Waals surface area (Å²) >= 11 is 0. The van der Waals surface area contributed by atoms with Gasteiger partial charge in [-0.05, 0) is 18.9 Å². The average molecular weight is 237 g/mol. The number of carbonyl (C=O) groups is 1. The molecular formula is C11H15N3O3. The summed E-state index contributed by atoms with van der Waals surface area (Å²) in [5, 5.41) is 18.4. The largest absolute Gasteiger partial charge is 0.478 e. The number of rotatable bonds is 2. The summed E-state index contributed by atoms with van der Waals surface area (Å²) in [7, 11) is 0. The standard InChI is InChI=1S/C11H15N3O3/c12-9-8(11(16)17)1-4-13-10(9)14-5-2-7(15)3-6-14/h1,4,7,15H,2-3,5-6,12H2,(H,16,17). The third kappa shape index (κ3) is 2.31. The Labute approximate surface area is 98.7 Å². The molecule has 4 N–H and O–H groups in total. The lowest BCUT2D eigenvalue weighted by Crippen LogP contribution is -2.37. The maximum Gasteiger partial charge on any atom is 0.337 e. The van der Waals surface area contributed by atoms with Crippen molar-refractivity contribution < 1.29 is 15.0 Å². The number of nitrogen functional groups attached to an aromatic ring is 1. The molecule has 0 spiro atoms. The monoisotopic (exact) mass is 237 g/mol. The van der Waals surface area contributed by atoms with Crippen molar-refractivity contribution in [2.75, 3.05) is 23.7 Å². The highest BCUT2D eigenvalue weighted by Gasteiger charge is 2.22. The number of carboxylic acids is 1. The summed E-state index contributed by atoms with van der Waals surface area (Å²) < 4.78 is 0. The minimum atomic E-state index is -1.05. The van der Waals surface area contributed by atoms with E-state index < -0.39 is 5.97 Å². The van der Waals surface area contributed by atoms with Crippen molar-refractivity contribution >= 4 is 17.5 Å². The Balaban J connectivity index is 2.27. The molecule has 1 saturated heterocycles. The Morgan fingerprint density at radius 1 is 1.47 bits per heavy atom. The van der Waals surface area contributed by atoms with Crippen molar-refractivity contribution in [3.63, 3.8) is 0 Å². The van der Waals surface area contributed by atoms with Gasteiger partial charge in [0, 0.05) is 19.3 Å².